The van der Waals surface area contributed by atoms with E-state index in [1.807, 2.05) is 0 Å². The third-order valence-corrected chi connectivity index (χ3v) is 0. The second-order valence-electron chi connectivity index (χ2n) is 1.07. The van der Waals surface area contributed by atoms with E-state index in [1.54, 1.807) is 0 Å². The molecule has 0 N–H and O–H groups in total. The Kier molecular flexibility index (Phi) is 5.04. The predicted octanol–water partition coefficient (Wildman–Crippen LogP) is 5.31. The van der Waals surface area contributed by atoms with Crippen LogP contribution < -0.4 is 0 Å². The van der Waals surface area contributed by atoms with Gasteiger partial charge in [0.25, 0.3) is 0 Å². The van der Waals surface area contributed by atoms with Gasteiger partial charge >= 0.3 is 101 Å². The molecule has 0 atom stereocenters. The fraction of sp³-hybridized carbons (Fsp3) is 0. The molecule has 46 valence electrons. The second kappa shape index (κ2) is 2.88. The fourth-order valence-electron chi connectivity index (χ4n) is 0. The molecule has 0 nitrogen and oxygen atoms in total. The Morgan fingerprint density at radius 3 is 0.571 bits per heavy atom. The summed E-state index contributed by atoms with van der Waals surface area (Å²) in [7, 11) is 0. The van der Waals surface area contributed by atoms with Gasteiger partial charge in [0.15, 0.2) is 0 Å². The topological polar surface area (TPSA) is 0 Å². The molecule has 0 heterocycles. The van der Waals surface area contributed by atoms with Gasteiger partial charge in [-0.3, -0.25) is 0 Å². The van der Waals surface area contributed by atoms with Crippen LogP contribution in [-0.2, 0) is -7.90 Å². The molecule has 0 amide bonds. The van der Waals surface area contributed by atoms with Gasteiger partial charge in [0.2, 0.25) is 0 Å². The molecule has 7 heavy (non-hydrogen) atoms. The summed E-state index contributed by atoms with van der Waals surface area (Å²) in [6, 6.07) is 0. The van der Waals surface area contributed by atoms with E-state index in [2.05, 4.69) is 109 Å². The monoisotopic (exact) mass is 941 g/mol. The van der Waals surface area contributed by atoms with Crippen molar-refractivity contribution in [2.45, 2.75) is 0 Å². The van der Waals surface area contributed by atoms with Gasteiger partial charge in [-0.2, -0.15) is 0 Å². The Morgan fingerprint density at radius 1 is 0.571 bits per heavy atom. The molecule has 0 aliphatic heterocycles. The van der Waals surface area contributed by atoms with Gasteiger partial charge < -0.3 is 0 Å². The quantitative estimate of drug-likeness (QED) is 0.229. The van der Waals surface area contributed by atoms with Crippen molar-refractivity contribution in [3.05, 3.63) is 0 Å². The van der Waals surface area contributed by atoms with Crippen LogP contribution in [0.3, 0.4) is 0 Å². The van der Waals surface area contributed by atoms with Crippen molar-refractivity contribution in [1.82, 2.24) is 0 Å². The Balaban J connectivity index is 4.43. The normalized spacial score (nSPS) is 23.1. The molecule has 0 aliphatic rings. The average molecular weight is 940 g/mol. The van der Waals surface area contributed by atoms with Gasteiger partial charge in [0.1, 0.15) is 0 Å². The maximum absolute atomic E-state index is 2.59. The third-order valence-electron chi connectivity index (χ3n) is 0. The molecule has 0 spiro atoms. The minimum atomic E-state index is -2.58. The number of rotatable bonds is 0. The summed E-state index contributed by atoms with van der Waals surface area (Å²) in [5, 5.41) is 0. The first-order valence-corrected chi connectivity index (χ1v) is 62.3. The zero-order chi connectivity index (χ0) is 6.41. The van der Waals surface area contributed by atoms with Crippen LogP contribution in [0.5, 0.6) is 0 Å². The van der Waals surface area contributed by atoms with E-state index in [9.17, 15) is 0 Å². The van der Waals surface area contributed by atoms with Crippen molar-refractivity contribution in [2.24, 2.45) is 0 Å². The van der Waals surface area contributed by atoms with Gasteiger partial charge in [0.05, 0.1) is 0 Å². The SMILES string of the molecule is [I][Hf]([I])([I])([I])([I])[I]. The molecule has 0 aromatic heterocycles. The van der Waals surface area contributed by atoms with E-state index in [1.165, 1.54) is 0 Å². The standard InChI is InChI=1S/Hf.6HI/h;6*1H/q+6;;;;;;/p-6. The molecule has 0 saturated carbocycles. The molecule has 0 aromatic carbocycles. The summed E-state index contributed by atoms with van der Waals surface area (Å²) >= 11 is 15.5. The van der Waals surface area contributed by atoms with Gasteiger partial charge in [-0.25, -0.2) is 0 Å². The Bertz CT molecular complexity index is 62.7. The van der Waals surface area contributed by atoms with Crippen LogP contribution in [0.1, 0.15) is 0 Å². The van der Waals surface area contributed by atoms with Crippen molar-refractivity contribution < 1.29 is -7.90 Å². The molecular weight excluding hydrogens is 940 g/mol. The molecule has 0 aromatic rings. The van der Waals surface area contributed by atoms with Crippen molar-refractivity contribution in [1.29, 1.82) is 0 Å². The minimum absolute atomic E-state index is 2.58. The van der Waals surface area contributed by atoms with Crippen LogP contribution in [0.2, 0.25) is 0 Å². The van der Waals surface area contributed by atoms with E-state index in [0.29, 0.717) is 0 Å². The van der Waals surface area contributed by atoms with Gasteiger partial charge in [-0.05, 0) is 0 Å². The summed E-state index contributed by atoms with van der Waals surface area (Å²) < 4.78 is -2.58. The van der Waals surface area contributed by atoms with Gasteiger partial charge in [-0.15, -0.1) is 0 Å². The second-order valence-corrected chi connectivity index (χ2v) is 395. The molecule has 0 radical (unpaired) electrons. The molecule has 7 heteroatoms. The number of hydrogen-bond donors (Lipinski definition) is 0. The molecule has 0 unspecified atom stereocenters. The predicted molar refractivity (Wildman–Crippen MR) is 84.1 cm³/mol. The van der Waals surface area contributed by atoms with Crippen LogP contribution in [0, 0.1) is 0 Å². The van der Waals surface area contributed by atoms with Crippen LogP contribution >= 0.6 is 109 Å². The first-order valence-electron chi connectivity index (χ1n) is 1.13. The van der Waals surface area contributed by atoms with Gasteiger partial charge in [0, 0.05) is 0 Å². The van der Waals surface area contributed by atoms with E-state index in [0.717, 1.165) is 0 Å². The number of halogens is 6. The maximum atomic E-state index is 2.59. The summed E-state index contributed by atoms with van der Waals surface area (Å²) in [4.78, 5) is 0. The van der Waals surface area contributed by atoms with E-state index >= 15 is 0 Å². The average Bonchev–Trinajstić information content (AvgIpc) is 0.592. The molecule has 0 fully saturated rings. The number of hydrogen-bond acceptors (Lipinski definition) is 0. The molecule has 0 bridgehead atoms. The molecule has 0 saturated heterocycles. The Morgan fingerprint density at radius 2 is 0.571 bits per heavy atom. The zero-order valence-electron chi connectivity index (χ0n) is 2.77. The van der Waals surface area contributed by atoms with Crippen LogP contribution in [0.4, 0.5) is 0 Å². The van der Waals surface area contributed by atoms with Crippen LogP contribution in [0.15, 0.2) is 0 Å². The molecule has 0 rings (SSSR count). The van der Waals surface area contributed by atoms with Crippen molar-refractivity contribution in [2.75, 3.05) is 0 Å². The van der Waals surface area contributed by atoms with E-state index in [4.69, 9.17) is 0 Å². The van der Waals surface area contributed by atoms with E-state index in [-0.39, 0.29) is 0 Å². The van der Waals surface area contributed by atoms with Crippen molar-refractivity contribution >= 4 is 109 Å². The summed E-state index contributed by atoms with van der Waals surface area (Å²) in [5.74, 6) is 0. The first-order chi connectivity index (χ1) is 2.45. The van der Waals surface area contributed by atoms with Crippen molar-refractivity contribution in [3.8, 4) is 0 Å². The Hall–Kier alpha value is 5.25. The zero-order valence-corrected chi connectivity index (χ0v) is 19.3. The third kappa shape index (κ3) is 34.9. The van der Waals surface area contributed by atoms with Crippen molar-refractivity contribution in [3.63, 3.8) is 0 Å². The fourth-order valence-corrected chi connectivity index (χ4v) is 0. The summed E-state index contributed by atoms with van der Waals surface area (Å²) in [6.45, 7) is 0. The summed E-state index contributed by atoms with van der Waals surface area (Å²) in [5.41, 5.74) is 0. The molecular formula is HfI6. The van der Waals surface area contributed by atoms with Crippen LogP contribution in [0.25, 0.3) is 0 Å². The van der Waals surface area contributed by atoms with Crippen LogP contribution in [-0.4, -0.2) is 0 Å². The van der Waals surface area contributed by atoms with Gasteiger partial charge in [-0.1, -0.05) is 0 Å². The Labute approximate surface area is 96.4 Å². The first kappa shape index (κ1) is 12.3. The van der Waals surface area contributed by atoms with E-state index < -0.39 is -7.90 Å². The summed E-state index contributed by atoms with van der Waals surface area (Å²) in [6.07, 6.45) is 0. The molecule has 0 aliphatic carbocycles.